The van der Waals surface area contributed by atoms with Crippen LogP contribution in [0, 0.1) is 0 Å². The van der Waals surface area contributed by atoms with E-state index < -0.39 is 6.10 Å². The van der Waals surface area contributed by atoms with E-state index >= 15 is 0 Å². The number of carbonyl (C=O) groups excluding carboxylic acids is 2. The number of fused-ring (bicyclic) bond motifs is 2. The van der Waals surface area contributed by atoms with Gasteiger partial charge in [0.25, 0.3) is 0 Å². The van der Waals surface area contributed by atoms with Gasteiger partial charge in [0.05, 0.1) is 17.5 Å². The molecule has 1 aliphatic rings. The number of nitrogens with zero attached hydrogens (tertiary/aromatic N) is 1. The molecule has 5 nitrogen and oxygen atoms in total. The molecular weight excluding hydrogens is 328 g/mol. The van der Waals surface area contributed by atoms with Crippen LogP contribution < -0.4 is 5.32 Å². The van der Waals surface area contributed by atoms with Gasteiger partial charge in [-0.3, -0.25) is 9.78 Å². The Hall–Kier alpha value is -3.21. The predicted molar refractivity (Wildman–Crippen MR) is 97.7 cm³/mol. The van der Waals surface area contributed by atoms with Crippen molar-refractivity contribution in [3.05, 3.63) is 77.5 Å². The van der Waals surface area contributed by atoms with E-state index in [-0.39, 0.29) is 18.3 Å². The molecule has 1 aliphatic heterocycles. The van der Waals surface area contributed by atoms with Crippen LogP contribution in [-0.2, 0) is 16.0 Å². The summed E-state index contributed by atoms with van der Waals surface area (Å²) in [7, 11) is 0. The fraction of sp³-hybridized carbons (Fsp3) is 0.190. The Morgan fingerprint density at radius 1 is 1.08 bits per heavy atom. The van der Waals surface area contributed by atoms with Crippen molar-refractivity contribution in [1.82, 2.24) is 10.3 Å². The van der Waals surface area contributed by atoms with Gasteiger partial charge in [-0.2, -0.15) is 0 Å². The first-order valence-electron chi connectivity index (χ1n) is 8.61. The highest BCUT2D eigenvalue weighted by Crippen LogP contribution is 2.32. The van der Waals surface area contributed by atoms with E-state index in [1.807, 2.05) is 42.5 Å². The lowest BCUT2D eigenvalue weighted by Crippen LogP contribution is -2.27. The Balaban J connectivity index is 1.36. The fourth-order valence-electron chi connectivity index (χ4n) is 3.32. The van der Waals surface area contributed by atoms with E-state index in [0.29, 0.717) is 18.5 Å². The topological polar surface area (TPSA) is 68.3 Å². The van der Waals surface area contributed by atoms with Crippen LogP contribution in [0.4, 0.5) is 0 Å². The van der Waals surface area contributed by atoms with E-state index in [1.54, 1.807) is 18.3 Å². The van der Waals surface area contributed by atoms with Crippen LogP contribution in [-0.4, -0.2) is 23.4 Å². The number of hydrogen-bond donors (Lipinski definition) is 1. The zero-order valence-corrected chi connectivity index (χ0v) is 14.1. The molecule has 0 spiro atoms. The molecule has 130 valence electrons. The number of nitrogens with one attached hydrogen (secondary N) is 1. The third-order valence-electron chi connectivity index (χ3n) is 4.58. The molecule has 0 aliphatic carbocycles. The number of amides is 1. The number of hydrogen-bond acceptors (Lipinski definition) is 4. The van der Waals surface area contributed by atoms with Crippen molar-refractivity contribution in [2.75, 3.05) is 6.54 Å². The van der Waals surface area contributed by atoms with Gasteiger partial charge in [-0.1, -0.05) is 42.5 Å². The first kappa shape index (κ1) is 16.3. The number of carbonyl (C=O) groups is 2. The third-order valence-corrected chi connectivity index (χ3v) is 4.58. The second kappa shape index (κ2) is 6.96. The van der Waals surface area contributed by atoms with Crippen molar-refractivity contribution in [3.8, 4) is 0 Å². The Labute approximate surface area is 151 Å². The van der Waals surface area contributed by atoms with Crippen molar-refractivity contribution in [2.24, 2.45) is 0 Å². The van der Waals surface area contributed by atoms with Gasteiger partial charge in [-0.15, -0.1) is 0 Å². The molecule has 2 heterocycles. The normalized spacial score (nSPS) is 15.5. The molecule has 0 fully saturated rings. The van der Waals surface area contributed by atoms with Crippen molar-refractivity contribution in [2.45, 2.75) is 18.9 Å². The summed E-state index contributed by atoms with van der Waals surface area (Å²) in [5, 5.41) is 4.00. The molecule has 0 unspecified atom stereocenters. The van der Waals surface area contributed by atoms with Gasteiger partial charge < -0.3 is 10.1 Å². The monoisotopic (exact) mass is 346 g/mol. The number of pyridine rings is 1. The van der Waals surface area contributed by atoms with Crippen molar-refractivity contribution >= 4 is 22.8 Å². The second-order valence-corrected chi connectivity index (χ2v) is 6.28. The smallest absolute Gasteiger partial charge is 0.339 e. The van der Waals surface area contributed by atoms with Crippen molar-refractivity contribution in [1.29, 1.82) is 0 Å². The Kier molecular flexibility index (Phi) is 4.35. The molecule has 0 radical (unpaired) electrons. The maximum absolute atomic E-state index is 12.3. The summed E-state index contributed by atoms with van der Waals surface area (Å²) in [5.41, 5.74) is 3.39. The fourth-order valence-corrected chi connectivity index (χ4v) is 3.32. The molecule has 0 saturated carbocycles. The van der Waals surface area contributed by atoms with Crippen LogP contribution in [0.25, 0.3) is 10.9 Å². The van der Waals surface area contributed by atoms with E-state index in [1.165, 1.54) is 0 Å². The molecule has 1 amide bonds. The highest BCUT2D eigenvalue weighted by atomic mass is 16.5. The lowest BCUT2D eigenvalue weighted by Gasteiger charge is -2.11. The Bertz CT molecular complexity index is 978. The lowest BCUT2D eigenvalue weighted by atomic mass is 10.0. The zero-order chi connectivity index (χ0) is 17.9. The Morgan fingerprint density at radius 2 is 1.92 bits per heavy atom. The minimum Gasteiger partial charge on any atom is -0.453 e. The number of ether oxygens (including phenoxy) is 1. The summed E-state index contributed by atoms with van der Waals surface area (Å²) >= 11 is 0. The van der Waals surface area contributed by atoms with Gasteiger partial charge in [0, 0.05) is 23.7 Å². The van der Waals surface area contributed by atoms with Crippen molar-refractivity contribution < 1.29 is 14.3 Å². The van der Waals surface area contributed by atoms with E-state index in [9.17, 15) is 9.59 Å². The molecule has 5 heteroatoms. The van der Waals surface area contributed by atoms with Crippen molar-refractivity contribution in [3.63, 3.8) is 0 Å². The van der Waals surface area contributed by atoms with Crippen LogP contribution in [0.15, 0.2) is 60.8 Å². The van der Waals surface area contributed by atoms with Crippen LogP contribution in [0.2, 0.25) is 0 Å². The first-order chi connectivity index (χ1) is 12.7. The molecule has 0 saturated heterocycles. The standard InChI is InChI=1S/C21H18N2O3/c24-19(13-18-16-8-1-2-9-17(16)21(25)26-18)22-12-10-15-6-3-5-14-7-4-11-23-20(14)15/h1-9,11,18H,10,12-13H2,(H,22,24)/t18-/m1/s1. The van der Waals surface area contributed by atoms with Crippen LogP contribution in [0.3, 0.4) is 0 Å². The summed E-state index contributed by atoms with van der Waals surface area (Å²) in [5.74, 6) is -0.493. The average molecular weight is 346 g/mol. The molecule has 2 aromatic carbocycles. The third kappa shape index (κ3) is 3.16. The molecule has 0 bridgehead atoms. The lowest BCUT2D eigenvalue weighted by molar-refractivity contribution is -0.122. The van der Waals surface area contributed by atoms with Gasteiger partial charge in [0.1, 0.15) is 6.10 Å². The molecule has 1 N–H and O–H groups in total. The SMILES string of the molecule is O=C(C[C@H]1OC(=O)c2ccccc21)NCCc1cccc2cccnc12. The summed E-state index contributed by atoms with van der Waals surface area (Å²) in [6.07, 6.45) is 2.10. The maximum atomic E-state index is 12.3. The minimum absolute atomic E-state index is 0.132. The molecule has 26 heavy (non-hydrogen) atoms. The van der Waals surface area contributed by atoms with Crippen LogP contribution in [0.1, 0.15) is 34.0 Å². The number of aromatic nitrogens is 1. The van der Waals surface area contributed by atoms with Crippen LogP contribution in [0.5, 0.6) is 0 Å². The maximum Gasteiger partial charge on any atom is 0.339 e. The zero-order valence-electron chi connectivity index (χ0n) is 14.1. The number of benzene rings is 2. The average Bonchev–Trinajstić information content (AvgIpc) is 2.98. The molecule has 1 aromatic heterocycles. The highest BCUT2D eigenvalue weighted by Gasteiger charge is 2.31. The van der Waals surface area contributed by atoms with E-state index in [4.69, 9.17) is 4.74 Å². The summed E-state index contributed by atoms with van der Waals surface area (Å²) in [6, 6.07) is 17.2. The van der Waals surface area contributed by atoms with E-state index in [0.717, 1.165) is 22.0 Å². The molecule has 1 atom stereocenters. The van der Waals surface area contributed by atoms with Gasteiger partial charge in [0.2, 0.25) is 5.91 Å². The molecule has 4 rings (SSSR count). The van der Waals surface area contributed by atoms with Gasteiger partial charge in [0.15, 0.2) is 0 Å². The summed E-state index contributed by atoms with van der Waals surface area (Å²) < 4.78 is 5.31. The van der Waals surface area contributed by atoms with Crippen LogP contribution >= 0.6 is 0 Å². The summed E-state index contributed by atoms with van der Waals surface area (Å²) in [4.78, 5) is 28.5. The van der Waals surface area contributed by atoms with Gasteiger partial charge in [-0.25, -0.2) is 4.79 Å². The number of para-hydroxylation sites is 1. The number of esters is 1. The van der Waals surface area contributed by atoms with Gasteiger partial charge >= 0.3 is 5.97 Å². The first-order valence-corrected chi connectivity index (χ1v) is 8.61. The largest absolute Gasteiger partial charge is 0.453 e. The minimum atomic E-state index is -0.502. The second-order valence-electron chi connectivity index (χ2n) is 6.28. The van der Waals surface area contributed by atoms with Gasteiger partial charge in [-0.05, 0) is 24.1 Å². The Morgan fingerprint density at radius 3 is 2.85 bits per heavy atom. The molecular formula is C21H18N2O3. The quantitative estimate of drug-likeness (QED) is 0.721. The number of cyclic esters (lactones) is 1. The number of rotatable bonds is 5. The highest BCUT2D eigenvalue weighted by molar-refractivity contribution is 5.94. The predicted octanol–water partition coefficient (Wildman–Crippen LogP) is 3.20. The molecule has 3 aromatic rings. The summed E-state index contributed by atoms with van der Waals surface area (Å²) in [6.45, 7) is 0.511. The van der Waals surface area contributed by atoms with E-state index in [2.05, 4.69) is 10.3 Å².